The van der Waals surface area contributed by atoms with Crippen molar-refractivity contribution < 1.29 is 23.5 Å². The third-order valence-electron chi connectivity index (χ3n) is 7.34. The van der Waals surface area contributed by atoms with Crippen LogP contribution in [-0.2, 0) is 27.2 Å². The number of hydrogen-bond acceptors (Lipinski definition) is 5. The number of fused-ring (bicyclic) bond motifs is 3. The number of aromatic nitrogens is 1. The summed E-state index contributed by atoms with van der Waals surface area (Å²) in [7, 11) is 0. The highest BCUT2D eigenvalue weighted by Gasteiger charge is 2.26. The van der Waals surface area contributed by atoms with Gasteiger partial charge in [-0.2, -0.15) is 0 Å². The number of esters is 1. The number of hydrazine groups is 1. The van der Waals surface area contributed by atoms with E-state index in [0.29, 0.717) is 35.4 Å². The van der Waals surface area contributed by atoms with Gasteiger partial charge in [-0.25, -0.2) is 9.18 Å². The Bertz CT molecular complexity index is 1650. The number of ketones is 1. The Kier molecular flexibility index (Phi) is 7.51. The molecule has 2 heterocycles. The minimum absolute atomic E-state index is 0.0883. The van der Waals surface area contributed by atoms with Gasteiger partial charge in [-0.3, -0.25) is 20.0 Å². The van der Waals surface area contributed by atoms with Gasteiger partial charge in [-0.05, 0) is 79.8 Å². The van der Waals surface area contributed by atoms with Crippen molar-refractivity contribution in [2.24, 2.45) is 0 Å². The monoisotopic (exact) mass is 539 g/mol. The molecule has 0 fully saturated rings. The van der Waals surface area contributed by atoms with Crippen LogP contribution in [0.15, 0.2) is 66.9 Å². The number of amides is 1. The molecule has 7 nitrogen and oxygen atoms in total. The van der Waals surface area contributed by atoms with Crippen molar-refractivity contribution in [1.82, 2.24) is 15.4 Å². The van der Waals surface area contributed by atoms with Crippen LogP contribution in [0.5, 0.6) is 0 Å². The van der Waals surface area contributed by atoms with E-state index in [1.165, 1.54) is 24.3 Å². The van der Waals surface area contributed by atoms with Crippen LogP contribution >= 0.6 is 0 Å². The summed E-state index contributed by atoms with van der Waals surface area (Å²) in [5.41, 5.74) is 9.20. The second-order valence-corrected chi connectivity index (χ2v) is 9.80. The lowest BCUT2D eigenvalue weighted by molar-refractivity contribution is -0.136. The molecule has 0 saturated heterocycles. The molecule has 5 rings (SSSR count). The van der Waals surface area contributed by atoms with Gasteiger partial charge in [-0.1, -0.05) is 30.3 Å². The fourth-order valence-corrected chi connectivity index (χ4v) is 5.10. The number of carbonyl (C=O) groups excluding carboxylic acids is 3. The van der Waals surface area contributed by atoms with Crippen molar-refractivity contribution in [1.29, 1.82) is 0 Å². The number of benzene rings is 3. The van der Waals surface area contributed by atoms with Crippen LogP contribution in [0.3, 0.4) is 0 Å². The van der Waals surface area contributed by atoms with Crippen molar-refractivity contribution in [2.45, 2.75) is 33.6 Å². The predicted octanol–water partition coefficient (Wildman–Crippen LogP) is 5.19. The van der Waals surface area contributed by atoms with E-state index >= 15 is 0 Å². The smallest absolute Gasteiger partial charge is 0.341 e. The molecule has 3 aromatic carbocycles. The third-order valence-corrected chi connectivity index (χ3v) is 7.34. The molecule has 0 atom stereocenters. The normalized spacial score (nSPS) is 12.9. The van der Waals surface area contributed by atoms with Gasteiger partial charge in [0, 0.05) is 34.8 Å². The fourth-order valence-electron chi connectivity index (χ4n) is 5.10. The number of ether oxygens (including phenoxy) is 1. The average molecular weight is 540 g/mol. The zero-order valence-corrected chi connectivity index (χ0v) is 22.6. The third kappa shape index (κ3) is 5.25. The average Bonchev–Trinajstić information content (AvgIpc) is 3.21. The highest BCUT2D eigenvalue weighted by atomic mass is 19.1. The number of H-pyrrole nitrogens is 1. The molecule has 1 aliphatic heterocycles. The van der Waals surface area contributed by atoms with Crippen LogP contribution in [-0.4, -0.2) is 40.8 Å². The molecule has 0 aliphatic carbocycles. The zero-order chi connectivity index (χ0) is 28.4. The van der Waals surface area contributed by atoms with Crippen molar-refractivity contribution in [3.63, 3.8) is 0 Å². The fraction of sp³-hybridized carbons (Fsp3) is 0.219. The number of nitrogens with zero attached hydrogens (tertiary/aromatic N) is 1. The predicted molar refractivity (Wildman–Crippen MR) is 151 cm³/mol. The zero-order valence-electron chi connectivity index (χ0n) is 22.6. The molecule has 40 heavy (non-hydrogen) atoms. The van der Waals surface area contributed by atoms with Gasteiger partial charge in [0.1, 0.15) is 11.4 Å². The molecule has 1 aromatic heterocycles. The molecule has 4 aromatic rings. The summed E-state index contributed by atoms with van der Waals surface area (Å²) in [6, 6.07) is 16.8. The lowest BCUT2D eigenvalue weighted by atomic mass is 9.92. The van der Waals surface area contributed by atoms with Crippen LogP contribution in [0.4, 0.5) is 4.39 Å². The van der Waals surface area contributed by atoms with Crippen LogP contribution in [0.1, 0.15) is 50.8 Å². The highest BCUT2D eigenvalue weighted by Crippen LogP contribution is 2.31. The van der Waals surface area contributed by atoms with E-state index < -0.39 is 11.8 Å². The first kappa shape index (κ1) is 26.9. The number of aromatic amines is 1. The first-order valence-electron chi connectivity index (χ1n) is 13.2. The second-order valence-electron chi connectivity index (χ2n) is 9.80. The Labute approximate surface area is 231 Å². The number of nitrogens with one attached hydrogen (secondary N) is 2. The summed E-state index contributed by atoms with van der Waals surface area (Å²) in [5, 5.41) is 2.66. The summed E-state index contributed by atoms with van der Waals surface area (Å²) in [6.45, 7) is 6.17. The number of halogens is 1. The van der Waals surface area contributed by atoms with Crippen molar-refractivity contribution in [3.8, 4) is 0 Å². The van der Waals surface area contributed by atoms with Crippen LogP contribution in [0.25, 0.3) is 16.5 Å². The van der Waals surface area contributed by atoms with Crippen molar-refractivity contribution in [2.75, 3.05) is 13.2 Å². The quantitative estimate of drug-likeness (QED) is 0.249. The Morgan fingerprint density at radius 2 is 1.75 bits per heavy atom. The summed E-state index contributed by atoms with van der Waals surface area (Å²) < 4.78 is 18.6. The number of hydrogen-bond donors (Lipinski definition) is 2. The van der Waals surface area contributed by atoms with E-state index in [9.17, 15) is 18.8 Å². The van der Waals surface area contributed by atoms with E-state index in [1.54, 1.807) is 30.3 Å². The molecule has 2 N–H and O–H groups in total. The minimum atomic E-state index is -0.468. The SMILES string of the molecule is CCOC(=O)C1=CN(NC(=O)Cc2ccc(C(=O)c3ccc(F)cc3)c(C)c2C)CCc2c1[nH]c1ccccc21. The van der Waals surface area contributed by atoms with Gasteiger partial charge in [0.15, 0.2) is 5.78 Å². The molecule has 8 heteroatoms. The van der Waals surface area contributed by atoms with Crippen molar-refractivity contribution in [3.05, 3.63) is 112 Å². The summed E-state index contributed by atoms with van der Waals surface area (Å²) in [4.78, 5) is 42.4. The van der Waals surface area contributed by atoms with E-state index in [-0.39, 0.29) is 24.7 Å². The maximum absolute atomic E-state index is 13.3. The first-order chi connectivity index (χ1) is 19.3. The molecule has 1 aliphatic rings. The molecule has 0 radical (unpaired) electrons. The lowest BCUT2D eigenvalue weighted by Gasteiger charge is -2.21. The highest BCUT2D eigenvalue weighted by molar-refractivity contribution is 6.17. The number of rotatable bonds is 7. The molecule has 0 unspecified atom stereocenters. The van der Waals surface area contributed by atoms with Gasteiger partial charge in [-0.15, -0.1) is 0 Å². The topological polar surface area (TPSA) is 91.5 Å². The maximum atomic E-state index is 13.3. The van der Waals surface area contributed by atoms with E-state index in [2.05, 4.69) is 10.4 Å². The molecule has 1 amide bonds. The molecule has 0 bridgehead atoms. The van der Waals surface area contributed by atoms with E-state index in [4.69, 9.17) is 4.74 Å². The minimum Gasteiger partial charge on any atom is -0.462 e. The van der Waals surface area contributed by atoms with Crippen molar-refractivity contribution >= 4 is 34.1 Å². The standard InChI is InChI=1S/C32H30FN3O4/c1-4-40-32(39)27-18-36(16-15-26-25-7-5-6-8-28(25)34-30(26)27)35-29(37)17-22-11-14-24(20(3)19(22)2)31(38)21-9-12-23(33)13-10-21/h5-14,18,34H,4,15-17H2,1-3H3,(H,35,37). The molecular formula is C32H30FN3O4. The van der Waals surface area contributed by atoms with Gasteiger partial charge in [0.05, 0.1) is 18.7 Å². The van der Waals surface area contributed by atoms with Gasteiger partial charge in [0.25, 0.3) is 0 Å². The lowest BCUT2D eigenvalue weighted by Crippen LogP contribution is -2.40. The summed E-state index contributed by atoms with van der Waals surface area (Å²) in [6.07, 6.45) is 2.32. The van der Waals surface area contributed by atoms with Crippen LogP contribution < -0.4 is 5.43 Å². The van der Waals surface area contributed by atoms with E-state index in [0.717, 1.165) is 33.2 Å². The van der Waals surface area contributed by atoms with Gasteiger partial charge >= 0.3 is 5.97 Å². The Morgan fingerprint density at radius 1 is 1.00 bits per heavy atom. The molecular weight excluding hydrogens is 509 g/mol. The molecule has 0 saturated carbocycles. The largest absolute Gasteiger partial charge is 0.462 e. The maximum Gasteiger partial charge on any atom is 0.341 e. The Morgan fingerprint density at radius 3 is 2.50 bits per heavy atom. The number of para-hydroxylation sites is 1. The molecule has 0 spiro atoms. The first-order valence-corrected chi connectivity index (χ1v) is 13.2. The summed E-state index contributed by atoms with van der Waals surface area (Å²) in [5.74, 6) is -1.33. The molecule has 204 valence electrons. The van der Waals surface area contributed by atoms with Gasteiger partial charge in [0.2, 0.25) is 5.91 Å². The Balaban J connectivity index is 1.35. The van der Waals surface area contributed by atoms with Crippen LogP contribution in [0.2, 0.25) is 0 Å². The Hall–Kier alpha value is -4.72. The summed E-state index contributed by atoms with van der Waals surface area (Å²) >= 11 is 0. The van der Waals surface area contributed by atoms with E-state index in [1.807, 2.05) is 38.1 Å². The second kappa shape index (κ2) is 11.2. The number of carbonyl (C=O) groups is 3. The van der Waals surface area contributed by atoms with Crippen LogP contribution in [0, 0.1) is 19.7 Å². The van der Waals surface area contributed by atoms with Gasteiger partial charge < -0.3 is 9.72 Å².